The largest absolute Gasteiger partial charge is 0.381 e. The number of nitrogens with zero attached hydrogens (tertiary/aromatic N) is 2. The van der Waals surface area contributed by atoms with E-state index in [2.05, 4.69) is 25.8 Å². The Morgan fingerprint density at radius 3 is 2.86 bits per heavy atom. The maximum atomic E-state index is 13.3. The number of amides is 1. The van der Waals surface area contributed by atoms with E-state index in [1.165, 1.54) is 18.5 Å². The van der Waals surface area contributed by atoms with Crippen molar-refractivity contribution in [3.63, 3.8) is 0 Å². The first-order valence-corrected chi connectivity index (χ1v) is 6.75. The second kappa shape index (κ2) is 6.83. The van der Waals surface area contributed by atoms with Gasteiger partial charge in [-0.1, -0.05) is 0 Å². The Kier molecular flexibility index (Phi) is 4.86. The topological polar surface area (TPSA) is 82.7 Å². The second-order valence-corrected chi connectivity index (χ2v) is 4.97. The first-order valence-electron chi connectivity index (χ1n) is 6.75. The molecule has 0 radical (unpaired) electrons. The Bertz CT molecular complexity index is 597. The molecule has 1 heterocycles. The lowest BCUT2D eigenvalue weighted by molar-refractivity contribution is -0.116. The van der Waals surface area contributed by atoms with Gasteiger partial charge in [-0.2, -0.15) is 5.10 Å². The molecule has 0 atom stereocenters. The number of halogens is 1. The fraction of sp³-hybridized carbons (Fsp3) is 0.357. The van der Waals surface area contributed by atoms with E-state index in [9.17, 15) is 9.18 Å². The molecule has 0 aliphatic heterocycles. The summed E-state index contributed by atoms with van der Waals surface area (Å²) in [7, 11) is 0. The van der Waals surface area contributed by atoms with Crippen molar-refractivity contribution in [2.24, 2.45) is 0 Å². The van der Waals surface area contributed by atoms with Gasteiger partial charge >= 0.3 is 0 Å². The number of carbonyl (C=O) groups excluding carboxylic acids is 1. The molecule has 0 aliphatic carbocycles. The number of aromatic nitrogens is 3. The van der Waals surface area contributed by atoms with Crippen LogP contribution in [0.15, 0.2) is 24.5 Å². The number of aromatic amines is 1. The van der Waals surface area contributed by atoms with Crippen LogP contribution in [0.3, 0.4) is 0 Å². The van der Waals surface area contributed by atoms with Crippen molar-refractivity contribution in [3.05, 3.63) is 36.2 Å². The van der Waals surface area contributed by atoms with E-state index < -0.39 is 5.82 Å². The van der Waals surface area contributed by atoms with Gasteiger partial charge in [0.25, 0.3) is 0 Å². The van der Waals surface area contributed by atoms with Crippen LogP contribution in [0, 0.1) is 5.82 Å². The van der Waals surface area contributed by atoms with Gasteiger partial charge in [0.15, 0.2) is 0 Å². The number of anilines is 2. The van der Waals surface area contributed by atoms with Gasteiger partial charge in [-0.3, -0.25) is 9.89 Å². The highest BCUT2D eigenvalue weighted by Gasteiger charge is 2.10. The zero-order valence-corrected chi connectivity index (χ0v) is 12.0. The first-order chi connectivity index (χ1) is 10.0. The number of hydrogen-bond donors (Lipinski definition) is 3. The molecular weight excluding hydrogens is 273 g/mol. The molecular formula is C14H18FN5O. The average molecular weight is 291 g/mol. The van der Waals surface area contributed by atoms with Gasteiger partial charge in [-0.25, -0.2) is 9.37 Å². The molecule has 2 aromatic rings. The third-order valence-corrected chi connectivity index (χ3v) is 2.75. The standard InChI is InChI=1S/C14H18FN5O/c1-9(2)18-11-4-3-10(15)7-12(11)19-14(21)6-5-13-16-8-17-20-13/h3-4,7-9,18H,5-6H2,1-2H3,(H,19,21)(H,16,17,20). The van der Waals surface area contributed by atoms with Crippen LogP contribution in [0.1, 0.15) is 26.1 Å². The van der Waals surface area contributed by atoms with Crippen molar-refractivity contribution < 1.29 is 9.18 Å². The van der Waals surface area contributed by atoms with E-state index in [0.717, 1.165) is 0 Å². The van der Waals surface area contributed by atoms with Crippen LogP contribution in [0.4, 0.5) is 15.8 Å². The highest BCUT2D eigenvalue weighted by atomic mass is 19.1. The van der Waals surface area contributed by atoms with E-state index in [1.54, 1.807) is 6.07 Å². The summed E-state index contributed by atoms with van der Waals surface area (Å²) in [4.78, 5) is 15.9. The van der Waals surface area contributed by atoms with Crippen LogP contribution in [0.25, 0.3) is 0 Å². The lowest BCUT2D eigenvalue weighted by atomic mass is 10.2. The van der Waals surface area contributed by atoms with Crippen molar-refractivity contribution in [1.29, 1.82) is 0 Å². The molecule has 0 bridgehead atoms. The highest BCUT2D eigenvalue weighted by Crippen LogP contribution is 2.23. The van der Waals surface area contributed by atoms with E-state index in [0.29, 0.717) is 23.6 Å². The lowest BCUT2D eigenvalue weighted by Gasteiger charge is -2.15. The molecule has 2 rings (SSSR count). The van der Waals surface area contributed by atoms with Crippen LogP contribution in [0.5, 0.6) is 0 Å². The summed E-state index contributed by atoms with van der Waals surface area (Å²) in [6, 6.07) is 4.45. The van der Waals surface area contributed by atoms with Crippen LogP contribution < -0.4 is 10.6 Å². The maximum absolute atomic E-state index is 13.3. The summed E-state index contributed by atoms with van der Waals surface area (Å²) in [6.07, 6.45) is 2.09. The van der Waals surface area contributed by atoms with Gasteiger partial charge in [0.05, 0.1) is 11.4 Å². The number of benzene rings is 1. The normalized spacial score (nSPS) is 10.7. The highest BCUT2D eigenvalue weighted by molar-refractivity contribution is 5.94. The number of H-pyrrole nitrogens is 1. The van der Waals surface area contributed by atoms with Crippen LogP contribution in [0.2, 0.25) is 0 Å². The van der Waals surface area contributed by atoms with Gasteiger partial charge in [0.1, 0.15) is 18.0 Å². The summed E-state index contributed by atoms with van der Waals surface area (Å²) in [5, 5.41) is 12.3. The van der Waals surface area contributed by atoms with Gasteiger partial charge in [0.2, 0.25) is 5.91 Å². The molecule has 0 spiro atoms. The average Bonchev–Trinajstić information content (AvgIpc) is 2.92. The fourth-order valence-electron chi connectivity index (χ4n) is 1.85. The SMILES string of the molecule is CC(C)Nc1ccc(F)cc1NC(=O)CCc1ncn[nH]1. The molecule has 0 saturated heterocycles. The smallest absolute Gasteiger partial charge is 0.224 e. The quantitative estimate of drug-likeness (QED) is 0.763. The zero-order valence-electron chi connectivity index (χ0n) is 12.0. The van der Waals surface area contributed by atoms with E-state index in [-0.39, 0.29) is 18.4 Å². The molecule has 1 aromatic heterocycles. The zero-order chi connectivity index (χ0) is 15.2. The molecule has 1 aromatic carbocycles. The molecule has 7 heteroatoms. The molecule has 112 valence electrons. The van der Waals surface area contributed by atoms with Crippen molar-refractivity contribution in [2.45, 2.75) is 32.7 Å². The first kappa shape index (κ1) is 15.0. The Hall–Kier alpha value is -2.44. The molecule has 0 aliphatic rings. The molecule has 0 fully saturated rings. The van der Waals surface area contributed by atoms with Crippen LogP contribution in [-0.2, 0) is 11.2 Å². The Balaban J connectivity index is 2.00. The predicted molar refractivity (Wildman–Crippen MR) is 78.5 cm³/mol. The lowest BCUT2D eigenvalue weighted by Crippen LogP contribution is -2.16. The minimum absolute atomic E-state index is 0.181. The molecule has 1 amide bonds. The monoisotopic (exact) mass is 291 g/mol. The third kappa shape index (κ3) is 4.55. The van der Waals surface area contributed by atoms with Gasteiger partial charge in [-0.15, -0.1) is 0 Å². The van der Waals surface area contributed by atoms with Crippen LogP contribution >= 0.6 is 0 Å². The van der Waals surface area contributed by atoms with Crippen LogP contribution in [-0.4, -0.2) is 27.1 Å². The summed E-state index contributed by atoms with van der Waals surface area (Å²) in [5.41, 5.74) is 1.13. The van der Waals surface area contributed by atoms with E-state index >= 15 is 0 Å². The van der Waals surface area contributed by atoms with E-state index in [4.69, 9.17) is 0 Å². The fourth-order valence-corrected chi connectivity index (χ4v) is 1.85. The minimum atomic E-state index is -0.394. The maximum Gasteiger partial charge on any atom is 0.224 e. The number of rotatable bonds is 6. The summed E-state index contributed by atoms with van der Waals surface area (Å²) < 4.78 is 13.3. The molecule has 21 heavy (non-hydrogen) atoms. The minimum Gasteiger partial charge on any atom is -0.381 e. The number of nitrogens with one attached hydrogen (secondary N) is 3. The van der Waals surface area contributed by atoms with Gasteiger partial charge < -0.3 is 10.6 Å². The van der Waals surface area contributed by atoms with Crippen molar-refractivity contribution in [1.82, 2.24) is 15.2 Å². The predicted octanol–water partition coefficient (Wildman–Crippen LogP) is 2.34. The summed E-state index contributed by atoms with van der Waals surface area (Å²) >= 11 is 0. The Morgan fingerprint density at radius 1 is 1.38 bits per heavy atom. The number of aryl methyl sites for hydroxylation is 1. The third-order valence-electron chi connectivity index (χ3n) is 2.75. The number of hydrogen-bond acceptors (Lipinski definition) is 4. The molecule has 0 unspecified atom stereocenters. The van der Waals surface area contributed by atoms with Gasteiger partial charge in [-0.05, 0) is 32.0 Å². The molecule has 3 N–H and O–H groups in total. The molecule has 6 nitrogen and oxygen atoms in total. The molecule has 0 saturated carbocycles. The second-order valence-electron chi connectivity index (χ2n) is 4.97. The summed E-state index contributed by atoms with van der Waals surface area (Å²) in [5.74, 6) is 0.0450. The number of carbonyl (C=O) groups is 1. The van der Waals surface area contributed by atoms with Gasteiger partial charge in [0, 0.05) is 18.9 Å². The van der Waals surface area contributed by atoms with Crippen molar-refractivity contribution in [2.75, 3.05) is 10.6 Å². The summed E-state index contributed by atoms with van der Waals surface area (Å²) in [6.45, 7) is 3.94. The van der Waals surface area contributed by atoms with Crippen molar-refractivity contribution in [3.8, 4) is 0 Å². The van der Waals surface area contributed by atoms with Crippen molar-refractivity contribution >= 4 is 17.3 Å². The van der Waals surface area contributed by atoms with E-state index in [1.807, 2.05) is 13.8 Å². The Morgan fingerprint density at radius 2 is 2.19 bits per heavy atom. The Labute approximate surface area is 122 Å².